The minimum absolute atomic E-state index is 0.0543. The van der Waals surface area contributed by atoms with E-state index in [1.165, 1.54) is 6.42 Å². The van der Waals surface area contributed by atoms with Crippen LogP contribution >= 0.6 is 0 Å². The maximum absolute atomic E-state index is 12.5. The number of carbonyl (C=O) groups excluding carboxylic acids is 1. The second-order valence-corrected chi connectivity index (χ2v) is 6.28. The second-order valence-electron chi connectivity index (χ2n) is 6.28. The lowest BCUT2D eigenvalue weighted by Crippen LogP contribution is -2.46. The number of carbonyl (C=O) groups is 1. The number of unbranched alkanes of at least 4 members (excludes halogenated alkanes) is 1. The Morgan fingerprint density at radius 2 is 2.05 bits per heavy atom. The highest BCUT2D eigenvalue weighted by molar-refractivity contribution is 5.83. The standard InChI is InChI=1S/C16H28O3/c1-3-4-5-13(2)15(17)14-6-9-19-16(12-14)7-10-18-11-8-16/h13-14H,3-12H2,1-2H3. The van der Waals surface area contributed by atoms with E-state index in [1.54, 1.807) is 0 Å². The van der Waals surface area contributed by atoms with E-state index in [1.807, 2.05) is 0 Å². The van der Waals surface area contributed by atoms with Gasteiger partial charge in [0.2, 0.25) is 0 Å². The van der Waals surface area contributed by atoms with E-state index in [0.29, 0.717) is 5.78 Å². The third-order valence-electron chi connectivity index (χ3n) is 4.78. The average Bonchev–Trinajstić information content (AvgIpc) is 2.45. The lowest BCUT2D eigenvalue weighted by Gasteiger charge is -2.43. The number of rotatable bonds is 5. The summed E-state index contributed by atoms with van der Waals surface area (Å²) in [6.45, 7) is 6.60. The van der Waals surface area contributed by atoms with Crippen LogP contribution in [-0.4, -0.2) is 31.2 Å². The minimum atomic E-state index is -0.0543. The molecule has 0 N–H and O–H groups in total. The van der Waals surface area contributed by atoms with Gasteiger partial charge in [-0.15, -0.1) is 0 Å². The molecule has 2 heterocycles. The Morgan fingerprint density at radius 3 is 2.74 bits per heavy atom. The van der Waals surface area contributed by atoms with Gasteiger partial charge in [0.05, 0.1) is 5.60 Å². The van der Waals surface area contributed by atoms with Gasteiger partial charge in [0.1, 0.15) is 5.78 Å². The molecule has 2 atom stereocenters. The van der Waals surface area contributed by atoms with Crippen molar-refractivity contribution in [2.24, 2.45) is 11.8 Å². The Hall–Kier alpha value is -0.410. The van der Waals surface area contributed by atoms with Crippen LogP contribution in [0.5, 0.6) is 0 Å². The molecule has 0 aromatic heterocycles. The van der Waals surface area contributed by atoms with E-state index in [4.69, 9.17) is 9.47 Å². The smallest absolute Gasteiger partial charge is 0.138 e. The molecule has 0 aliphatic carbocycles. The molecule has 0 saturated carbocycles. The predicted molar refractivity (Wildman–Crippen MR) is 75.2 cm³/mol. The first-order valence-electron chi connectivity index (χ1n) is 7.92. The fourth-order valence-electron chi connectivity index (χ4n) is 3.42. The van der Waals surface area contributed by atoms with Gasteiger partial charge in [-0.2, -0.15) is 0 Å². The number of ether oxygens (including phenoxy) is 2. The molecule has 0 aromatic carbocycles. The van der Waals surface area contributed by atoms with E-state index >= 15 is 0 Å². The minimum Gasteiger partial charge on any atom is -0.381 e. The molecule has 2 fully saturated rings. The van der Waals surface area contributed by atoms with Crippen molar-refractivity contribution < 1.29 is 14.3 Å². The quantitative estimate of drug-likeness (QED) is 0.767. The van der Waals surface area contributed by atoms with Gasteiger partial charge in [0.15, 0.2) is 0 Å². The first kappa shape index (κ1) is 15.0. The van der Waals surface area contributed by atoms with Crippen LogP contribution in [0.25, 0.3) is 0 Å². The molecule has 1 spiro atoms. The van der Waals surface area contributed by atoms with Gasteiger partial charge in [-0.1, -0.05) is 26.7 Å². The summed E-state index contributed by atoms with van der Waals surface area (Å²) in [7, 11) is 0. The summed E-state index contributed by atoms with van der Waals surface area (Å²) in [5, 5.41) is 0. The molecular weight excluding hydrogens is 240 g/mol. The molecule has 2 unspecified atom stereocenters. The largest absolute Gasteiger partial charge is 0.381 e. The molecule has 2 aliphatic heterocycles. The Balaban J connectivity index is 1.91. The summed E-state index contributed by atoms with van der Waals surface area (Å²) >= 11 is 0. The third-order valence-corrected chi connectivity index (χ3v) is 4.78. The van der Waals surface area contributed by atoms with Crippen molar-refractivity contribution in [2.45, 2.75) is 64.4 Å². The van der Waals surface area contributed by atoms with Crippen molar-refractivity contribution in [2.75, 3.05) is 19.8 Å². The van der Waals surface area contributed by atoms with Crippen LogP contribution in [0.4, 0.5) is 0 Å². The molecule has 110 valence electrons. The highest BCUT2D eigenvalue weighted by Crippen LogP contribution is 2.38. The number of Topliss-reactive ketones (excluding diaryl/α,β-unsaturated/α-hetero) is 1. The molecule has 2 aliphatic rings. The van der Waals surface area contributed by atoms with E-state index in [9.17, 15) is 4.79 Å². The van der Waals surface area contributed by atoms with Crippen LogP contribution in [0.2, 0.25) is 0 Å². The molecule has 3 heteroatoms. The monoisotopic (exact) mass is 268 g/mol. The molecular formula is C16H28O3. The van der Waals surface area contributed by atoms with Crippen LogP contribution < -0.4 is 0 Å². The van der Waals surface area contributed by atoms with Crippen molar-refractivity contribution in [3.8, 4) is 0 Å². The fraction of sp³-hybridized carbons (Fsp3) is 0.938. The van der Waals surface area contributed by atoms with E-state index < -0.39 is 0 Å². The first-order valence-corrected chi connectivity index (χ1v) is 7.92. The Bertz CT molecular complexity index is 289. The SMILES string of the molecule is CCCCC(C)C(=O)C1CCOC2(CCOCC2)C1. The van der Waals surface area contributed by atoms with E-state index in [0.717, 1.165) is 58.3 Å². The van der Waals surface area contributed by atoms with Crippen LogP contribution in [0, 0.1) is 11.8 Å². The number of hydrogen-bond acceptors (Lipinski definition) is 3. The maximum Gasteiger partial charge on any atom is 0.138 e. The lowest BCUT2D eigenvalue weighted by atomic mass is 9.76. The van der Waals surface area contributed by atoms with Crippen LogP contribution in [0.1, 0.15) is 58.8 Å². The normalized spacial score (nSPS) is 28.2. The van der Waals surface area contributed by atoms with E-state index in [-0.39, 0.29) is 17.4 Å². The number of hydrogen-bond donors (Lipinski definition) is 0. The van der Waals surface area contributed by atoms with Gasteiger partial charge in [-0.05, 0) is 32.1 Å². The summed E-state index contributed by atoms with van der Waals surface area (Å²) in [5.74, 6) is 0.918. The molecule has 19 heavy (non-hydrogen) atoms. The van der Waals surface area contributed by atoms with Crippen molar-refractivity contribution in [1.29, 1.82) is 0 Å². The average molecular weight is 268 g/mol. The summed E-state index contributed by atoms with van der Waals surface area (Å²) in [6, 6.07) is 0. The summed E-state index contributed by atoms with van der Waals surface area (Å²) < 4.78 is 11.4. The zero-order valence-corrected chi connectivity index (χ0v) is 12.5. The highest BCUT2D eigenvalue weighted by Gasteiger charge is 2.41. The van der Waals surface area contributed by atoms with Gasteiger partial charge in [0.25, 0.3) is 0 Å². The zero-order chi connectivity index (χ0) is 13.7. The molecule has 2 saturated heterocycles. The molecule has 2 rings (SSSR count). The van der Waals surface area contributed by atoms with Crippen molar-refractivity contribution in [3.05, 3.63) is 0 Å². The van der Waals surface area contributed by atoms with Crippen molar-refractivity contribution in [1.82, 2.24) is 0 Å². The van der Waals surface area contributed by atoms with E-state index in [2.05, 4.69) is 13.8 Å². The summed E-state index contributed by atoms with van der Waals surface area (Å²) in [5.41, 5.74) is -0.0543. The first-order chi connectivity index (χ1) is 9.17. The molecule has 3 nitrogen and oxygen atoms in total. The molecule has 0 aromatic rings. The summed E-state index contributed by atoms with van der Waals surface area (Å²) in [6.07, 6.45) is 7.13. The van der Waals surface area contributed by atoms with Gasteiger partial charge < -0.3 is 9.47 Å². The van der Waals surface area contributed by atoms with Gasteiger partial charge in [-0.25, -0.2) is 0 Å². The van der Waals surface area contributed by atoms with Crippen molar-refractivity contribution >= 4 is 5.78 Å². The second kappa shape index (κ2) is 6.85. The summed E-state index contributed by atoms with van der Waals surface area (Å²) in [4.78, 5) is 12.5. The van der Waals surface area contributed by atoms with Gasteiger partial charge in [-0.3, -0.25) is 4.79 Å². The maximum atomic E-state index is 12.5. The lowest BCUT2D eigenvalue weighted by molar-refractivity contribution is -0.158. The Kier molecular flexibility index (Phi) is 5.40. The van der Waals surface area contributed by atoms with Gasteiger partial charge in [0, 0.05) is 31.7 Å². The zero-order valence-electron chi connectivity index (χ0n) is 12.5. The number of ketones is 1. The van der Waals surface area contributed by atoms with Crippen molar-refractivity contribution in [3.63, 3.8) is 0 Å². The van der Waals surface area contributed by atoms with Crippen LogP contribution in [-0.2, 0) is 14.3 Å². The fourth-order valence-corrected chi connectivity index (χ4v) is 3.42. The predicted octanol–water partition coefficient (Wildman–Crippen LogP) is 3.36. The van der Waals surface area contributed by atoms with Crippen LogP contribution in [0.3, 0.4) is 0 Å². The van der Waals surface area contributed by atoms with Crippen LogP contribution in [0.15, 0.2) is 0 Å². The molecule has 0 amide bonds. The van der Waals surface area contributed by atoms with Gasteiger partial charge >= 0.3 is 0 Å². The Morgan fingerprint density at radius 1 is 1.32 bits per heavy atom. The molecule has 0 bridgehead atoms. The third kappa shape index (κ3) is 3.79. The topological polar surface area (TPSA) is 35.5 Å². The molecule has 0 radical (unpaired) electrons. The Labute approximate surface area is 117 Å². The highest BCUT2D eigenvalue weighted by atomic mass is 16.5.